The average molecular weight is 237 g/mol. The summed E-state index contributed by atoms with van der Waals surface area (Å²) in [5.41, 5.74) is 6.38. The van der Waals surface area contributed by atoms with E-state index in [1.807, 2.05) is 31.2 Å². The first-order valence-corrected chi connectivity index (χ1v) is 5.69. The Morgan fingerprint density at radius 2 is 2.35 bits per heavy atom. The minimum absolute atomic E-state index is 0.259. The highest BCUT2D eigenvalue weighted by Gasteiger charge is 1.97. The van der Waals surface area contributed by atoms with Gasteiger partial charge in [0.05, 0.1) is 6.61 Å². The molecule has 0 aliphatic heterocycles. The Balaban J connectivity index is 2.33. The summed E-state index contributed by atoms with van der Waals surface area (Å²) in [6, 6.07) is 7.79. The quantitative estimate of drug-likeness (QED) is 0.223. The molecule has 0 fully saturated rings. The lowest BCUT2D eigenvalue weighted by Gasteiger charge is -2.08. The van der Waals surface area contributed by atoms with Crippen molar-refractivity contribution < 1.29 is 9.94 Å². The van der Waals surface area contributed by atoms with E-state index in [1.54, 1.807) is 0 Å². The van der Waals surface area contributed by atoms with Crippen LogP contribution in [0.4, 0.5) is 5.69 Å². The molecule has 0 saturated carbocycles. The first-order valence-electron chi connectivity index (χ1n) is 5.69. The lowest BCUT2D eigenvalue weighted by atomic mass is 10.2. The zero-order chi connectivity index (χ0) is 12.5. The summed E-state index contributed by atoms with van der Waals surface area (Å²) >= 11 is 0. The number of nitrogens with one attached hydrogen (secondary N) is 1. The lowest BCUT2D eigenvalue weighted by molar-refractivity contribution is 0.316. The normalized spacial score (nSPS) is 11.2. The number of ether oxygens (including phenoxy) is 1. The molecule has 0 aliphatic rings. The number of benzene rings is 1. The second-order valence-electron chi connectivity index (χ2n) is 3.58. The van der Waals surface area contributed by atoms with Gasteiger partial charge in [0.2, 0.25) is 0 Å². The Morgan fingerprint density at radius 3 is 3.06 bits per heavy atom. The van der Waals surface area contributed by atoms with Crippen LogP contribution in [0.25, 0.3) is 0 Å². The molecule has 0 saturated heterocycles. The fourth-order valence-electron chi connectivity index (χ4n) is 1.41. The van der Waals surface area contributed by atoms with Gasteiger partial charge in [0, 0.05) is 24.7 Å². The van der Waals surface area contributed by atoms with Crippen molar-refractivity contribution in [2.75, 3.05) is 18.5 Å². The van der Waals surface area contributed by atoms with E-state index < -0.39 is 0 Å². The Labute approximate surface area is 101 Å². The number of amidine groups is 1. The van der Waals surface area contributed by atoms with E-state index in [4.69, 9.17) is 15.7 Å². The van der Waals surface area contributed by atoms with Gasteiger partial charge in [-0.2, -0.15) is 0 Å². The molecule has 4 N–H and O–H groups in total. The summed E-state index contributed by atoms with van der Waals surface area (Å²) < 4.78 is 5.40. The van der Waals surface area contributed by atoms with E-state index in [0.717, 1.165) is 24.4 Å². The fourth-order valence-corrected chi connectivity index (χ4v) is 1.41. The Kier molecular flexibility index (Phi) is 5.71. The molecule has 0 amide bonds. The highest BCUT2D eigenvalue weighted by atomic mass is 16.5. The van der Waals surface area contributed by atoms with Crippen LogP contribution in [-0.4, -0.2) is 24.2 Å². The molecule has 0 unspecified atom stereocenters. The predicted molar refractivity (Wildman–Crippen MR) is 68.7 cm³/mol. The molecule has 0 spiro atoms. The van der Waals surface area contributed by atoms with Crippen molar-refractivity contribution in [1.29, 1.82) is 0 Å². The Bertz CT molecular complexity index is 367. The molecular weight excluding hydrogens is 218 g/mol. The van der Waals surface area contributed by atoms with Crippen LogP contribution in [0.2, 0.25) is 0 Å². The SMILES string of the molecule is CCOc1cccc(NCCC/C(N)=N/O)c1. The Morgan fingerprint density at radius 1 is 1.53 bits per heavy atom. The summed E-state index contributed by atoms with van der Waals surface area (Å²) in [5.74, 6) is 1.11. The molecule has 1 aromatic carbocycles. The zero-order valence-corrected chi connectivity index (χ0v) is 10.0. The molecule has 0 aromatic heterocycles. The second-order valence-corrected chi connectivity index (χ2v) is 3.58. The van der Waals surface area contributed by atoms with Crippen LogP contribution in [0, 0.1) is 0 Å². The summed E-state index contributed by atoms with van der Waals surface area (Å²) in [5, 5.41) is 14.5. The summed E-state index contributed by atoms with van der Waals surface area (Å²) in [4.78, 5) is 0. The monoisotopic (exact) mass is 237 g/mol. The second kappa shape index (κ2) is 7.38. The van der Waals surface area contributed by atoms with Gasteiger partial charge in [0.1, 0.15) is 11.6 Å². The molecule has 0 heterocycles. The van der Waals surface area contributed by atoms with Crippen LogP contribution in [0.15, 0.2) is 29.4 Å². The smallest absolute Gasteiger partial charge is 0.139 e. The maximum Gasteiger partial charge on any atom is 0.139 e. The molecule has 17 heavy (non-hydrogen) atoms. The average Bonchev–Trinajstić information content (AvgIpc) is 2.35. The zero-order valence-electron chi connectivity index (χ0n) is 10.0. The molecule has 0 bridgehead atoms. The van der Waals surface area contributed by atoms with Gasteiger partial charge in [-0.25, -0.2) is 0 Å². The molecule has 0 aliphatic carbocycles. The molecule has 0 atom stereocenters. The van der Waals surface area contributed by atoms with Crippen LogP contribution in [0.1, 0.15) is 19.8 Å². The maximum atomic E-state index is 8.37. The van der Waals surface area contributed by atoms with Crippen molar-refractivity contribution >= 4 is 11.5 Å². The number of hydrogen-bond donors (Lipinski definition) is 3. The molecule has 5 nitrogen and oxygen atoms in total. The van der Waals surface area contributed by atoms with Crippen LogP contribution >= 0.6 is 0 Å². The van der Waals surface area contributed by atoms with Gasteiger partial charge in [-0.15, -0.1) is 0 Å². The van der Waals surface area contributed by atoms with Gasteiger partial charge in [-0.05, 0) is 25.5 Å². The van der Waals surface area contributed by atoms with Gasteiger partial charge in [-0.3, -0.25) is 0 Å². The predicted octanol–water partition coefficient (Wildman–Crippen LogP) is 2.02. The maximum absolute atomic E-state index is 8.37. The van der Waals surface area contributed by atoms with E-state index in [0.29, 0.717) is 13.0 Å². The first-order chi connectivity index (χ1) is 8.26. The molecule has 1 aromatic rings. The highest BCUT2D eigenvalue weighted by Crippen LogP contribution is 2.17. The van der Waals surface area contributed by atoms with Crippen molar-refractivity contribution in [2.24, 2.45) is 10.9 Å². The van der Waals surface area contributed by atoms with Crippen LogP contribution in [-0.2, 0) is 0 Å². The van der Waals surface area contributed by atoms with E-state index in [-0.39, 0.29) is 5.84 Å². The molecule has 0 radical (unpaired) electrons. The standard InChI is InChI=1S/C12H19N3O2/c1-2-17-11-6-3-5-10(9-11)14-8-4-7-12(13)15-16/h3,5-6,9,14,16H,2,4,7-8H2,1H3,(H2,13,15). The van der Waals surface area contributed by atoms with Crippen LogP contribution < -0.4 is 15.8 Å². The van der Waals surface area contributed by atoms with E-state index in [2.05, 4.69) is 10.5 Å². The van der Waals surface area contributed by atoms with Crippen molar-refractivity contribution in [3.05, 3.63) is 24.3 Å². The van der Waals surface area contributed by atoms with Crippen molar-refractivity contribution in [1.82, 2.24) is 0 Å². The number of rotatable bonds is 7. The first kappa shape index (κ1) is 13.2. The number of oxime groups is 1. The fraction of sp³-hybridized carbons (Fsp3) is 0.417. The molecular formula is C12H19N3O2. The Hall–Kier alpha value is -1.91. The van der Waals surface area contributed by atoms with Gasteiger partial charge in [-0.1, -0.05) is 11.2 Å². The summed E-state index contributed by atoms with van der Waals surface area (Å²) in [6.07, 6.45) is 1.39. The third-order valence-electron chi connectivity index (χ3n) is 2.21. The molecule has 1 rings (SSSR count). The van der Waals surface area contributed by atoms with Gasteiger partial charge >= 0.3 is 0 Å². The van der Waals surface area contributed by atoms with Crippen LogP contribution in [0.3, 0.4) is 0 Å². The van der Waals surface area contributed by atoms with Crippen molar-refractivity contribution in [3.8, 4) is 5.75 Å². The minimum atomic E-state index is 0.259. The lowest BCUT2D eigenvalue weighted by Crippen LogP contribution is -2.13. The van der Waals surface area contributed by atoms with Gasteiger partial charge < -0.3 is 21.0 Å². The third kappa shape index (κ3) is 5.10. The van der Waals surface area contributed by atoms with Crippen LogP contribution in [0.5, 0.6) is 5.75 Å². The molecule has 5 heteroatoms. The number of hydrogen-bond acceptors (Lipinski definition) is 4. The van der Waals surface area contributed by atoms with E-state index in [9.17, 15) is 0 Å². The van der Waals surface area contributed by atoms with Crippen molar-refractivity contribution in [3.63, 3.8) is 0 Å². The highest BCUT2D eigenvalue weighted by molar-refractivity contribution is 5.79. The largest absolute Gasteiger partial charge is 0.494 e. The third-order valence-corrected chi connectivity index (χ3v) is 2.21. The number of nitrogens with two attached hydrogens (primary N) is 1. The van der Waals surface area contributed by atoms with Gasteiger partial charge in [0.15, 0.2) is 0 Å². The van der Waals surface area contributed by atoms with Gasteiger partial charge in [0.25, 0.3) is 0 Å². The topological polar surface area (TPSA) is 79.9 Å². The summed E-state index contributed by atoms with van der Waals surface area (Å²) in [7, 11) is 0. The minimum Gasteiger partial charge on any atom is -0.494 e. The number of anilines is 1. The van der Waals surface area contributed by atoms with E-state index in [1.165, 1.54) is 0 Å². The number of nitrogens with zero attached hydrogens (tertiary/aromatic N) is 1. The molecule has 94 valence electrons. The van der Waals surface area contributed by atoms with Crippen molar-refractivity contribution in [2.45, 2.75) is 19.8 Å². The summed E-state index contributed by atoms with van der Waals surface area (Å²) in [6.45, 7) is 3.38. The van der Waals surface area contributed by atoms with E-state index >= 15 is 0 Å².